The second-order valence-electron chi connectivity index (χ2n) is 11.8. The van der Waals surface area contributed by atoms with Crippen LogP contribution in [0.1, 0.15) is 47.1 Å². The molecule has 2 aromatic heterocycles. The van der Waals surface area contributed by atoms with E-state index in [1.807, 2.05) is 6.92 Å². The van der Waals surface area contributed by atoms with Crippen molar-refractivity contribution in [3.8, 4) is 22.8 Å². The highest BCUT2D eigenvalue weighted by molar-refractivity contribution is 9.10. The van der Waals surface area contributed by atoms with Gasteiger partial charge in [0.25, 0.3) is 5.91 Å². The number of nitrogens with two attached hydrogens (primary N) is 1. The molecule has 0 saturated heterocycles. The van der Waals surface area contributed by atoms with Gasteiger partial charge in [-0.25, -0.2) is 23.1 Å². The van der Waals surface area contributed by atoms with Crippen LogP contribution in [0, 0.1) is 18.6 Å². The molecule has 14 heteroatoms. The fraction of sp³-hybridized carbons (Fsp3) is 0.312. The first kappa shape index (κ1) is 32.0. The number of carbonyl (C=O) groups excluding carboxylic acids is 2. The molecule has 2 atom stereocenters. The van der Waals surface area contributed by atoms with Crippen LogP contribution in [-0.2, 0) is 15.8 Å². The SMILES string of the molecule is COc1cc(C(=O)NC[C@](O)(c2cc3c(c(-c4cc(Cl)c(F)cc4F)n2)OC[C@]3(C)C(N)=O)C2(F)CC2)cc2cc(Br)c(C)nc12. The number of benzene rings is 2. The number of carbonyl (C=O) groups is 2. The lowest BCUT2D eigenvalue weighted by Gasteiger charge is -2.33. The van der Waals surface area contributed by atoms with Crippen LogP contribution in [0.5, 0.6) is 11.5 Å². The summed E-state index contributed by atoms with van der Waals surface area (Å²) in [7, 11) is 1.44. The summed E-state index contributed by atoms with van der Waals surface area (Å²) in [5, 5.41) is 14.8. The maximum atomic E-state index is 16.2. The Balaban J connectivity index is 1.45. The molecule has 1 saturated carbocycles. The quantitative estimate of drug-likeness (QED) is 0.203. The number of amides is 2. The summed E-state index contributed by atoms with van der Waals surface area (Å²) in [5.74, 6) is -3.28. The third-order valence-corrected chi connectivity index (χ3v) is 9.83. The van der Waals surface area contributed by atoms with Gasteiger partial charge in [0, 0.05) is 32.6 Å². The maximum Gasteiger partial charge on any atom is 0.251 e. The molecule has 1 aliphatic carbocycles. The van der Waals surface area contributed by atoms with E-state index in [1.165, 1.54) is 26.2 Å². The lowest BCUT2D eigenvalue weighted by Crippen LogP contribution is -2.49. The van der Waals surface area contributed by atoms with Crippen LogP contribution < -0.4 is 20.5 Å². The van der Waals surface area contributed by atoms with Crippen molar-refractivity contribution in [1.82, 2.24) is 15.3 Å². The second-order valence-corrected chi connectivity index (χ2v) is 13.0. The summed E-state index contributed by atoms with van der Waals surface area (Å²) >= 11 is 9.40. The molecule has 1 fully saturated rings. The van der Waals surface area contributed by atoms with Crippen molar-refractivity contribution in [2.24, 2.45) is 5.73 Å². The molecule has 240 valence electrons. The molecule has 3 heterocycles. The number of nitrogens with one attached hydrogen (secondary N) is 1. The van der Waals surface area contributed by atoms with Gasteiger partial charge in [-0.05, 0) is 73.0 Å². The largest absolute Gasteiger partial charge is 0.494 e. The van der Waals surface area contributed by atoms with Gasteiger partial charge in [-0.3, -0.25) is 9.59 Å². The monoisotopic (exact) mass is 718 g/mol. The molecule has 0 unspecified atom stereocenters. The Labute approximate surface area is 274 Å². The molecule has 1 aliphatic heterocycles. The number of fused-ring (bicyclic) bond motifs is 2. The number of alkyl halides is 1. The van der Waals surface area contributed by atoms with Gasteiger partial charge in [0.2, 0.25) is 5.91 Å². The van der Waals surface area contributed by atoms with Crippen LogP contribution in [0.2, 0.25) is 5.02 Å². The van der Waals surface area contributed by atoms with Gasteiger partial charge in [0.05, 0.1) is 30.1 Å². The number of aryl methyl sites for hydroxylation is 1. The Morgan fingerprint density at radius 2 is 1.89 bits per heavy atom. The van der Waals surface area contributed by atoms with E-state index in [0.29, 0.717) is 32.9 Å². The first-order chi connectivity index (χ1) is 21.6. The van der Waals surface area contributed by atoms with Gasteiger partial charge >= 0.3 is 0 Å². The zero-order chi connectivity index (χ0) is 33.3. The van der Waals surface area contributed by atoms with E-state index >= 15 is 8.78 Å². The average Bonchev–Trinajstić information content (AvgIpc) is 3.69. The molecule has 0 spiro atoms. The van der Waals surface area contributed by atoms with Crippen molar-refractivity contribution < 1.29 is 37.3 Å². The van der Waals surface area contributed by atoms with Crippen molar-refractivity contribution in [3.05, 3.63) is 80.0 Å². The number of hydrogen-bond donors (Lipinski definition) is 3. The molecular weight excluding hydrogens is 693 g/mol. The maximum absolute atomic E-state index is 16.2. The number of hydrogen-bond acceptors (Lipinski definition) is 7. The smallest absolute Gasteiger partial charge is 0.251 e. The van der Waals surface area contributed by atoms with Gasteiger partial charge in [0.15, 0.2) is 5.60 Å². The second kappa shape index (κ2) is 11.1. The third-order valence-electron chi connectivity index (χ3n) is 8.73. The molecule has 0 radical (unpaired) electrons. The molecule has 0 bridgehead atoms. The number of pyridine rings is 2. The predicted molar refractivity (Wildman–Crippen MR) is 167 cm³/mol. The van der Waals surface area contributed by atoms with E-state index in [2.05, 4.69) is 31.2 Å². The number of nitrogens with zero attached hydrogens (tertiary/aromatic N) is 2. The molecule has 2 aliphatic rings. The van der Waals surface area contributed by atoms with Gasteiger partial charge in [-0.2, -0.15) is 0 Å². The summed E-state index contributed by atoms with van der Waals surface area (Å²) in [6.45, 7) is 2.37. The van der Waals surface area contributed by atoms with E-state index in [9.17, 15) is 19.1 Å². The Morgan fingerprint density at radius 3 is 2.54 bits per heavy atom. The van der Waals surface area contributed by atoms with Gasteiger partial charge in [-0.1, -0.05) is 11.6 Å². The number of aromatic nitrogens is 2. The van der Waals surface area contributed by atoms with Crippen LogP contribution in [0.15, 0.2) is 40.9 Å². The van der Waals surface area contributed by atoms with Crippen molar-refractivity contribution in [2.75, 3.05) is 20.3 Å². The van der Waals surface area contributed by atoms with Crippen molar-refractivity contribution in [2.45, 2.75) is 43.4 Å². The van der Waals surface area contributed by atoms with Crippen LogP contribution in [0.3, 0.4) is 0 Å². The zero-order valence-corrected chi connectivity index (χ0v) is 27.1. The van der Waals surface area contributed by atoms with Crippen LogP contribution in [0.25, 0.3) is 22.2 Å². The normalized spacial score (nSPS) is 19.2. The van der Waals surface area contributed by atoms with E-state index in [1.54, 1.807) is 12.1 Å². The number of halogens is 5. The summed E-state index contributed by atoms with van der Waals surface area (Å²) in [6, 6.07) is 7.64. The fourth-order valence-corrected chi connectivity index (χ4v) is 6.10. The number of aliphatic hydroxyl groups is 1. The highest BCUT2D eigenvalue weighted by Crippen LogP contribution is 2.55. The first-order valence-corrected chi connectivity index (χ1v) is 15.3. The minimum Gasteiger partial charge on any atom is -0.494 e. The summed E-state index contributed by atoms with van der Waals surface area (Å²) in [4.78, 5) is 35.0. The Hall–Kier alpha value is -3.94. The van der Waals surface area contributed by atoms with E-state index in [4.69, 9.17) is 26.8 Å². The summed E-state index contributed by atoms with van der Waals surface area (Å²) in [5.41, 5.74) is 0.157. The minimum absolute atomic E-state index is 0.0556. The van der Waals surface area contributed by atoms with E-state index < -0.39 is 51.7 Å². The van der Waals surface area contributed by atoms with Crippen molar-refractivity contribution >= 4 is 50.2 Å². The van der Waals surface area contributed by atoms with Gasteiger partial charge in [0.1, 0.15) is 52.0 Å². The van der Waals surface area contributed by atoms with Crippen LogP contribution in [-0.4, -0.2) is 52.8 Å². The molecule has 6 rings (SSSR count). The first-order valence-electron chi connectivity index (χ1n) is 14.1. The minimum atomic E-state index is -2.46. The topological polar surface area (TPSA) is 137 Å². The highest BCUT2D eigenvalue weighted by atomic mass is 79.9. The molecular formula is C32H27BrClF3N4O5. The van der Waals surface area contributed by atoms with E-state index in [-0.39, 0.29) is 53.3 Å². The molecule has 46 heavy (non-hydrogen) atoms. The fourth-order valence-electron chi connectivity index (χ4n) is 5.61. The zero-order valence-electron chi connectivity index (χ0n) is 24.7. The molecule has 9 nitrogen and oxygen atoms in total. The summed E-state index contributed by atoms with van der Waals surface area (Å²) < 4.78 is 57.4. The lowest BCUT2D eigenvalue weighted by atomic mass is 9.80. The standard InChI is InChI=1S/C32H27BrClF3N4O5/c1-14-19(33)7-15-6-16(8-23(45-3)25(15)40-14)28(42)39-12-32(44,31(37)4-5-31)24-10-18-27(46-13-30(18,2)29(38)43)26(41-24)17-9-20(34)22(36)11-21(17)35/h6-11,44H,4-5,12-13H2,1-3H3,(H2,38,43)(H,39,42)/t30-,32-/m0/s1. The molecule has 4 N–H and O–H groups in total. The lowest BCUT2D eigenvalue weighted by molar-refractivity contribution is -0.123. The highest BCUT2D eigenvalue weighted by Gasteiger charge is 2.62. The Bertz CT molecular complexity index is 1980. The summed E-state index contributed by atoms with van der Waals surface area (Å²) in [6.07, 6.45) is -0.146. The average molecular weight is 720 g/mol. The number of rotatable bonds is 8. The van der Waals surface area contributed by atoms with Crippen LogP contribution >= 0.6 is 27.5 Å². The van der Waals surface area contributed by atoms with Crippen molar-refractivity contribution in [3.63, 3.8) is 0 Å². The molecule has 2 aromatic carbocycles. The Kier molecular flexibility index (Phi) is 7.72. The Morgan fingerprint density at radius 1 is 1.17 bits per heavy atom. The number of methoxy groups -OCH3 is 1. The molecule has 4 aromatic rings. The van der Waals surface area contributed by atoms with Gasteiger partial charge in [-0.15, -0.1) is 0 Å². The molecule has 2 amide bonds. The number of primary amides is 1. The van der Waals surface area contributed by atoms with E-state index in [0.717, 1.165) is 6.07 Å². The predicted octanol–water partition coefficient (Wildman–Crippen LogP) is 5.56. The van der Waals surface area contributed by atoms with Crippen molar-refractivity contribution in [1.29, 1.82) is 0 Å². The van der Waals surface area contributed by atoms with Crippen LogP contribution in [0.4, 0.5) is 13.2 Å². The third kappa shape index (κ3) is 5.05. The number of ether oxygens (including phenoxy) is 2. The van der Waals surface area contributed by atoms with Gasteiger partial charge < -0.3 is 25.6 Å².